The zero-order valence-corrected chi connectivity index (χ0v) is 6.85. The van der Waals surface area contributed by atoms with E-state index in [1.165, 1.54) is 0 Å². The summed E-state index contributed by atoms with van der Waals surface area (Å²) in [4.78, 5) is 11.2. The lowest BCUT2D eigenvalue weighted by Gasteiger charge is -2.18. The van der Waals surface area contributed by atoms with Crippen LogP contribution < -0.4 is 5.73 Å². The average molecular weight is 156 g/mol. The molecule has 63 valence electrons. The molecule has 0 amide bonds. The predicted octanol–water partition coefficient (Wildman–Crippen LogP) is 1.15. The van der Waals surface area contributed by atoms with Crippen LogP contribution in [-0.4, -0.2) is 18.1 Å². The first-order valence-corrected chi connectivity index (χ1v) is 4.11. The van der Waals surface area contributed by atoms with Crippen LogP contribution in [0.15, 0.2) is 0 Å². The van der Waals surface area contributed by atoms with Gasteiger partial charge >= 0.3 is 5.97 Å². The second-order valence-corrected chi connectivity index (χ2v) is 3.01. The fourth-order valence-electron chi connectivity index (χ4n) is 1.45. The summed E-state index contributed by atoms with van der Waals surface area (Å²) in [5.41, 5.74) is 6.81. The molecule has 0 saturated heterocycles. The Kier molecular flexibility index (Phi) is 2.49. The van der Waals surface area contributed by atoms with Crippen LogP contribution in [0.4, 0.5) is 0 Å². The average Bonchev–Trinajstić information content (AvgIpc) is 2.38. The maximum atomic E-state index is 11.2. The van der Waals surface area contributed by atoms with E-state index in [0.29, 0.717) is 19.4 Å². The molecule has 0 heterocycles. The van der Waals surface area contributed by atoms with Crippen LogP contribution in [0.25, 0.3) is 0 Å². The molecule has 3 nitrogen and oxygen atoms in total. The monoisotopic (exact) mass is 156 g/mol. The molecule has 1 N–H and O–H groups in total. The second-order valence-electron chi connectivity index (χ2n) is 3.01. The van der Waals surface area contributed by atoms with Gasteiger partial charge in [0.15, 0.2) is 0 Å². The van der Waals surface area contributed by atoms with Crippen LogP contribution in [0.3, 0.4) is 0 Å². The van der Waals surface area contributed by atoms with Crippen LogP contribution >= 0.6 is 0 Å². The molecule has 1 aliphatic rings. The van der Waals surface area contributed by atoms with Gasteiger partial charge in [0, 0.05) is 0 Å². The van der Waals surface area contributed by atoms with Crippen molar-refractivity contribution in [2.75, 3.05) is 6.61 Å². The first kappa shape index (κ1) is 8.53. The summed E-state index contributed by atoms with van der Waals surface area (Å²) in [6.45, 7) is 2.16. The molecular formula is C8H14NO2. The third kappa shape index (κ3) is 1.71. The van der Waals surface area contributed by atoms with Gasteiger partial charge in [-0.25, -0.2) is 10.5 Å². The van der Waals surface area contributed by atoms with E-state index >= 15 is 0 Å². The minimum atomic E-state index is -0.907. The fourth-order valence-corrected chi connectivity index (χ4v) is 1.45. The van der Waals surface area contributed by atoms with Crippen molar-refractivity contribution in [3.63, 3.8) is 0 Å². The molecule has 3 heteroatoms. The highest BCUT2D eigenvalue weighted by molar-refractivity contribution is 5.80. The summed E-state index contributed by atoms with van der Waals surface area (Å²) < 4.78 is 4.80. The number of rotatable bonds is 2. The Morgan fingerprint density at radius 3 is 2.55 bits per heavy atom. The van der Waals surface area contributed by atoms with Crippen LogP contribution in [0, 0.1) is 0 Å². The Bertz CT molecular complexity index is 150. The molecule has 11 heavy (non-hydrogen) atoms. The summed E-state index contributed by atoms with van der Waals surface area (Å²) in [6.07, 6.45) is 3.32. The third-order valence-electron chi connectivity index (χ3n) is 2.12. The molecule has 1 fully saturated rings. The zero-order valence-electron chi connectivity index (χ0n) is 6.85. The van der Waals surface area contributed by atoms with E-state index in [1.54, 1.807) is 6.92 Å². The number of hydrogen-bond acceptors (Lipinski definition) is 2. The summed E-state index contributed by atoms with van der Waals surface area (Å²) >= 11 is 0. The number of nitrogens with one attached hydrogen (secondary N) is 1. The predicted molar refractivity (Wildman–Crippen MR) is 40.9 cm³/mol. The van der Waals surface area contributed by atoms with Crippen molar-refractivity contribution in [3.8, 4) is 0 Å². The third-order valence-corrected chi connectivity index (χ3v) is 2.12. The van der Waals surface area contributed by atoms with E-state index in [0.717, 1.165) is 12.8 Å². The smallest absolute Gasteiger partial charge is 0.327 e. The van der Waals surface area contributed by atoms with Gasteiger partial charge in [-0.1, -0.05) is 12.8 Å². The Hall–Kier alpha value is -0.570. The molecule has 0 bridgehead atoms. The molecule has 1 rings (SSSR count). The number of carbonyl (C=O) groups excluding carboxylic acids is 1. The highest BCUT2D eigenvalue weighted by Crippen LogP contribution is 2.29. The minimum Gasteiger partial charge on any atom is -0.465 e. The number of carbonyl (C=O) groups is 1. The first-order chi connectivity index (χ1) is 5.19. The summed E-state index contributed by atoms with van der Waals surface area (Å²) in [5.74, 6) is -0.336. The molecular weight excluding hydrogens is 142 g/mol. The quantitative estimate of drug-likeness (QED) is 0.563. The Morgan fingerprint density at radius 2 is 2.09 bits per heavy atom. The molecule has 0 atom stereocenters. The van der Waals surface area contributed by atoms with Crippen LogP contribution in [0.2, 0.25) is 0 Å². The van der Waals surface area contributed by atoms with Crippen molar-refractivity contribution in [1.82, 2.24) is 5.73 Å². The lowest BCUT2D eigenvalue weighted by molar-refractivity contribution is -0.149. The van der Waals surface area contributed by atoms with Crippen molar-refractivity contribution in [2.45, 2.75) is 38.1 Å². The van der Waals surface area contributed by atoms with E-state index in [1.807, 2.05) is 0 Å². The van der Waals surface area contributed by atoms with Gasteiger partial charge in [-0.15, -0.1) is 0 Å². The van der Waals surface area contributed by atoms with Gasteiger partial charge in [0.05, 0.1) is 6.61 Å². The molecule has 0 aromatic heterocycles. The van der Waals surface area contributed by atoms with E-state index in [4.69, 9.17) is 10.5 Å². The molecule has 1 aliphatic carbocycles. The molecule has 0 aromatic rings. The summed E-state index contributed by atoms with van der Waals surface area (Å²) in [5, 5.41) is 0. The van der Waals surface area contributed by atoms with E-state index in [9.17, 15) is 4.79 Å². The van der Waals surface area contributed by atoms with Gasteiger partial charge in [0.1, 0.15) is 5.54 Å². The van der Waals surface area contributed by atoms with Gasteiger partial charge in [-0.2, -0.15) is 0 Å². The Morgan fingerprint density at radius 1 is 1.55 bits per heavy atom. The van der Waals surface area contributed by atoms with Crippen molar-refractivity contribution >= 4 is 5.97 Å². The Labute approximate surface area is 66.9 Å². The van der Waals surface area contributed by atoms with E-state index < -0.39 is 5.54 Å². The Balaban J connectivity index is 2.49. The van der Waals surface area contributed by atoms with E-state index in [2.05, 4.69) is 0 Å². The number of esters is 1. The van der Waals surface area contributed by atoms with E-state index in [-0.39, 0.29) is 5.97 Å². The lowest BCUT2D eigenvalue weighted by Crippen LogP contribution is -2.38. The summed E-state index contributed by atoms with van der Waals surface area (Å²) in [6, 6.07) is 0. The SMILES string of the molecule is CCOC(=O)C1([NH])CCCC1. The van der Waals surface area contributed by atoms with Gasteiger partial charge in [0.25, 0.3) is 0 Å². The van der Waals surface area contributed by atoms with Crippen LogP contribution in [-0.2, 0) is 9.53 Å². The molecule has 0 aromatic carbocycles. The zero-order chi connectivity index (χ0) is 8.32. The second kappa shape index (κ2) is 3.22. The van der Waals surface area contributed by atoms with Gasteiger partial charge in [-0.05, 0) is 19.8 Å². The van der Waals surface area contributed by atoms with Crippen molar-refractivity contribution in [1.29, 1.82) is 0 Å². The highest BCUT2D eigenvalue weighted by atomic mass is 16.5. The molecule has 0 unspecified atom stereocenters. The highest BCUT2D eigenvalue weighted by Gasteiger charge is 2.39. The van der Waals surface area contributed by atoms with Crippen LogP contribution in [0.5, 0.6) is 0 Å². The topological polar surface area (TPSA) is 50.1 Å². The first-order valence-electron chi connectivity index (χ1n) is 4.11. The normalized spacial score (nSPS) is 21.6. The van der Waals surface area contributed by atoms with Crippen molar-refractivity contribution in [2.24, 2.45) is 0 Å². The lowest BCUT2D eigenvalue weighted by atomic mass is 10.00. The van der Waals surface area contributed by atoms with Gasteiger partial charge in [-0.3, -0.25) is 0 Å². The van der Waals surface area contributed by atoms with Crippen molar-refractivity contribution < 1.29 is 9.53 Å². The number of hydrogen-bond donors (Lipinski definition) is 0. The molecule has 0 spiro atoms. The largest absolute Gasteiger partial charge is 0.465 e. The van der Waals surface area contributed by atoms with Gasteiger partial charge in [0.2, 0.25) is 0 Å². The maximum absolute atomic E-state index is 11.2. The summed E-state index contributed by atoms with van der Waals surface area (Å²) in [7, 11) is 0. The van der Waals surface area contributed by atoms with Gasteiger partial charge < -0.3 is 4.74 Å². The minimum absolute atomic E-state index is 0.336. The fraction of sp³-hybridized carbons (Fsp3) is 0.875. The molecule has 1 radical (unpaired) electrons. The maximum Gasteiger partial charge on any atom is 0.327 e. The van der Waals surface area contributed by atoms with Crippen LogP contribution in [0.1, 0.15) is 32.6 Å². The molecule has 1 saturated carbocycles. The number of ether oxygens (including phenoxy) is 1. The van der Waals surface area contributed by atoms with Crippen molar-refractivity contribution in [3.05, 3.63) is 0 Å². The standard InChI is InChI=1S/C8H14NO2/c1-2-11-7(10)8(9)5-3-4-6-8/h9H,2-6H2,1H3. The molecule has 0 aliphatic heterocycles.